The number of anilines is 1. The minimum Gasteiger partial charge on any atom is -0.486 e. The fourth-order valence-corrected chi connectivity index (χ4v) is 3.34. The van der Waals surface area contributed by atoms with Gasteiger partial charge in [0.2, 0.25) is 6.10 Å². The number of aryl methyl sites for hydroxylation is 1. The Bertz CT molecular complexity index is 1210. The zero-order chi connectivity index (χ0) is 23.4. The SMILES string of the molecule is Cc1ccc(NC(=O)C(OC(=O)c2ccc3c(c2)OCCO3)c2ccccc2)c([N+](=O)[O-])c1. The molecule has 0 aromatic heterocycles. The molecule has 4 rings (SSSR count). The average molecular weight is 448 g/mol. The lowest BCUT2D eigenvalue weighted by Crippen LogP contribution is -2.26. The summed E-state index contributed by atoms with van der Waals surface area (Å²) in [5, 5.41) is 13.9. The molecule has 1 heterocycles. The molecule has 1 aliphatic rings. The van der Waals surface area contributed by atoms with Crippen LogP contribution in [0, 0.1) is 17.0 Å². The van der Waals surface area contributed by atoms with Gasteiger partial charge in [0.05, 0.1) is 10.5 Å². The predicted octanol–water partition coefficient (Wildman–Crippen LogP) is 4.21. The van der Waals surface area contributed by atoms with Gasteiger partial charge in [0.15, 0.2) is 11.5 Å². The maximum atomic E-state index is 13.1. The molecule has 9 heteroatoms. The molecule has 3 aromatic rings. The van der Waals surface area contributed by atoms with Gasteiger partial charge in [-0.3, -0.25) is 14.9 Å². The number of benzene rings is 3. The summed E-state index contributed by atoms with van der Waals surface area (Å²) >= 11 is 0. The average Bonchev–Trinajstić information content (AvgIpc) is 2.83. The van der Waals surface area contributed by atoms with E-state index in [1.807, 2.05) is 0 Å². The highest BCUT2D eigenvalue weighted by molar-refractivity contribution is 5.99. The maximum absolute atomic E-state index is 13.1. The molecular weight excluding hydrogens is 428 g/mol. The lowest BCUT2D eigenvalue weighted by Gasteiger charge is -2.20. The molecule has 9 nitrogen and oxygen atoms in total. The van der Waals surface area contributed by atoms with Crippen LogP contribution in [0.1, 0.15) is 27.6 Å². The molecule has 1 amide bonds. The van der Waals surface area contributed by atoms with Crippen molar-refractivity contribution in [2.75, 3.05) is 18.5 Å². The predicted molar refractivity (Wildman–Crippen MR) is 118 cm³/mol. The Morgan fingerprint density at radius 3 is 2.45 bits per heavy atom. The molecule has 3 aromatic carbocycles. The van der Waals surface area contributed by atoms with Crippen LogP contribution in [0.4, 0.5) is 11.4 Å². The van der Waals surface area contributed by atoms with Crippen molar-refractivity contribution in [1.82, 2.24) is 0 Å². The summed E-state index contributed by atoms with van der Waals surface area (Å²) in [6.45, 7) is 2.48. The minimum absolute atomic E-state index is 0.00640. The van der Waals surface area contributed by atoms with Gasteiger partial charge in [0, 0.05) is 11.6 Å². The van der Waals surface area contributed by atoms with Crippen molar-refractivity contribution in [3.8, 4) is 11.5 Å². The first-order chi connectivity index (χ1) is 15.9. The summed E-state index contributed by atoms with van der Waals surface area (Å²) in [4.78, 5) is 36.8. The van der Waals surface area contributed by atoms with Crippen molar-refractivity contribution < 1.29 is 28.7 Å². The first-order valence-electron chi connectivity index (χ1n) is 10.1. The Labute approximate surface area is 189 Å². The number of rotatable bonds is 6. The fraction of sp³-hybridized carbons (Fsp3) is 0.167. The van der Waals surface area contributed by atoms with E-state index in [0.717, 1.165) is 0 Å². The Morgan fingerprint density at radius 1 is 1.00 bits per heavy atom. The highest BCUT2D eigenvalue weighted by Gasteiger charge is 2.28. The Kier molecular flexibility index (Phi) is 6.21. The van der Waals surface area contributed by atoms with Crippen molar-refractivity contribution >= 4 is 23.3 Å². The quantitative estimate of drug-likeness (QED) is 0.341. The largest absolute Gasteiger partial charge is 0.486 e. The summed E-state index contributed by atoms with van der Waals surface area (Å²) < 4.78 is 16.5. The zero-order valence-corrected chi connectivity index (χ0v) is 17.6. The molecule has 1 N–H and O–H groups in total. The summed E-state index contributed by atoms with van der Waals surface area (Å²) in [5.74, 6) is -0.554. The molecule has 0 saturated carbocycles. The first-order valence-corrected chi connectivity index (χ1v) is 10.1. The molecule has 1 unspecified atom stereocenters. The second kappa shape index (κ2) is 9.39. The van der Waals surface area contributed by atoms with Crippen LogP contribution >= 0.6 is 0 Å². The molecule has 0 fully saturated rings. The van der Waals surface area contributed by atoms with Crippen LogP contribution in [0.25, 0.3) is 0 Å². The third kappa shape index (κ3) is 4.93. The van der Waals surface area contributed by atoms with E-state index in [4.69, 9.17) is 14.2 Å². The number of carbonyl (C=O) groups excluding carboxylic acids is 2. The van der Waals surface area contributed by atoms with Crippen molar-refractivity contribution in [2.24, 2.45) is 0 Å². The Balaban J connectivity index is 1.60. The van der Waals surface area contributed by atoms with E-state index < -0.39 is 22.9 Å². The molecule has 0 bridgehead atoms. The zero-order valence-electron chi connectivity index (χ0n) is 17.6. The molecule has 1 aliphatic heterocycles. The minimum atomic E-state index is -1.34. The summed E-state index contributed by atoms with van der Waals surface area (Å²) in [5.41, 5.74) is 1.01. The number of ether oxygens (including phenoxy) is 3. The van der Waals surface area contributed by atoms with Gasteiger partial charge in [0.1, 0.15) is 18.9 Å². The van der Waals surface area contributed by atoms with Gasteiger partial charge in [-0.1, -0.05) is 36.4 Å². The summed E-state index contributed by atoms with van der Waals surface area (Å²) in [7, 11) is 0. The van der Waals surface area contributed by atoms with Crippen LogP contribution in [0.5, 0.6) is 11.5 Å². The lowest BCUT2D eigenvalue weighted by molar-refractivity contribution is -0.384. The lowest BCUT2D eigenvalue weighted by atomic mass is 10.1. The Morgan fingerprint density at radius 2 is 1.73 bits per heavy atom. The van der Waals surface area contributed by atoms with Crippen molar-refractivity contribution in [3.05, 3.63) is 93.5 Å². The van der Waals surface area contributed by atoms with Crippen molar-refractivity contribution in [2.45, 2.75) is 13.0 Å². The van der Waals surface area contributed by atoms with Crippen LogP contribution in [0.3, 0.4) is 0 Å². The molecule has 1 atom stereocenters. The van der Waals surface area contributed by atoms with Gasteiger partial charge in [-0.05, 0) is 36.8 Å². The molecule has 0 aliphatic carbocycles. The molecule has 0 spiro atoms. The van der Waals surface area contributed by atoms with Crippen molar-refractivity contribution in [3.63, 3.8) is 0 Å². The number of nitrogens with one attached hydrogen (secondary N) is 1. The standard InChI is InChI=1S/C24H20N2O7/c1-15-7-9-18(19(13-15)26(29)30)25-23(27)22(16-5-3-2-4-6-16)33-24(28)17-8-10-20-21(14-17)32-12-11-31-20/h2-10,13-14,22H,11-12H2,1H3,(H,25,27). The van der Waals surface area contributed by atoms with E-state index >= 15 is 0 Å². The van der Waals surface area contributed by atoms with Crippen LogP contribution < -0.4 is 14.8 Å². The monoisotopic (exact) mass is 448 g/mol. The highest BCUT2D eigenvalue weighted by Crippen LogP contribution is 2.32. The van der Waals surface area contributed by atoms with E-state index in [1.165, 1.54) is 24.3 Å². The van der Waals surface area contributed by atoms with Gasteiger partial charge in [-0.25, -0.2) is 4.79 Å². The number of esters is 1. The van der Waals surface area contributed by atoms with Crippen LogP contribution in [-0.2, 0) is 9.53 Å². The maximum Gasteiger partial charge on any atom is 0.339 e. The number of nitro groups is 1. The first kappa shape index (κ1) is 21.8. The molecule has 33 heavy (non-hydrogen) atoms. The smallest absolute Gasteiger partial charge is 0.339 e. The molecule has 168 valence electrons. The molecule has 0 radical (unpaired) electrons. The third-order valence-electron chi connectivity index (χ3n) is 4.95. The highest BCUT2D eigenvalue weighted by atomic mass is 16.6. The second-order valence-corrected chi connectivity index (χ2v) is 7.32. The Hall–Kier alpha value is -4.40. The fourth-order valence-electron chi connectivity index (χ4n) is 3.34. The van der Waals surface area contributed by atoms with E-state index in [2.05, 4.69) is 5.32 Å². The van der Waals surface area contributed by atoms with E-state index in [-0.39, 0.29) is 16.9 Å². The second-order valence-electron chi connectivity index (χ2n) is 7.32. The van der Waals surface area contributed by atoms with Crippen LogP contribution in [0.15, 0.2) is 66.7 Å². The normalized spacial score (nSPS) is 13.0. The van der Waals surface area contributed by atoms with Gasteiger partial charge < -0.3 is 19.5 Å². The number of hydrogen-bond acceptors (Lipinski definition) is 7. The summed E-state index contributed by atoms with van der Waals surface area (Å²) in [6, 6.07) is 17.4. The van der Waals surface area contributed by atoms with Gasteiger partial charge in [-0.15, -0.1) is 0 Å². The van der Waals surface area contributed by atoms with Crippen LogP contribution in [-0.4, -0.2) is 30.0 Å². The number of nitrogens with zero attached hydrogens (tertiary/aromatic N) is 1. The van der Waals surface area contributed by atoms with E-state index in [9.17, 15) is 19.7 Å². The number of amides is 1. The number of nitro benzene ring substituents is 1. The summed E-state index contributed by atoms with van der Waals surface area (Å²) in [6.07, 6.45) is -1.34. The van der Waals surface area contributed by atoms with Gasteiger partial charge in [0.25, 0.3) is 11.6 Å². The van der Waals surface area contributed by atoms with Gasteiger partial charge >= 0.3 is 5.97 Å². The van der Waals surface area contributed by atoms with E-state index in [1.54, 1.807) is 49.4 Å². The van der Waals surface area contributed by atoms with E-state index in [0.29, 0.717) is 35.8 Å². The molecule has 0 saturated heterocycles. The van der Waals surface area contributed by atoms with Gasteiger partial charge in [-0.2, -0.15) is 0 Å². The number of carbonyl (C=O) groups is 2. The molecular formula is C24H20N2O7. The van der Waals surface area contributed by atoms with Crippen molar-refractivity contribution in [1.29, 1.82) is 0 Å². The topological polar surface area (TPSA) is 117 Å². The van der Waals surface area contributed by atoms with Crippen LogP contribution in [0.2, 0.25) is 0 Å². The number of fused-ring (bicyclic) bond motifs is 1. The number of hydrogen-bond donors (Lipinski definition) is 1. The third-order valence-corrected chi connectivity index (χ3v) is 4.95.